The van der Waals surface area contributed by atoms with Gasteiger partial charge in [-0.25, -0.2) is 4.39 Å². The fourth-order valence-electron chi connectivity index (χ4n) is 2.28. The summed E-state index contributed by atoms with van der Waals surface area (Å²) in [7, 11) is 0. The molecule has 2 atom stereocenters. The van der Waals surface area contributed by atoms with Crippen LogP contribution >= 0.6 is 11.8 Å². The maximum Gasteiger partial charge on any atom is 0.230 e. The number of carbonyl (C=O) groups excluding carboxylic acids is 1. The maximum atomic E-state index is 12.9. The molecule has 0 aliphatic rings. The number of amides is 1. The number of thioether (sulfide) groups is 1. The van der Waals surface area contributed by atoms with Crippen molar-refractivity contribution >= 4 is 17.7 Å². The zero-order valence-electron chi connectivity index (χ0n) is 13.5. The minimum atomic E-state index is -0.732. The van der Waals surface area contributed by atoms with E-state index in [9.17, 15) is 14.3 Å². The first kappa shape index (κ1) is 18.4. The first-order valence-corrected chi connectivity index (χ1v) is 8.89. The number of benzene rings is 1. The Kier molecular flexibility index (Phi) is 7.21. The number of hydrogen-bond donors (Lipinski definition) is 2. The minimum absolute atomic E-state index is 0.0669. The Morgan fingerprint density at radius 1 is 1.33 bits per heavy atom. The predicted octanol–water partition coefficient (Wildman–Crippen LogP) is 3.08. The van der Waals surface area contributed by atoms with Gasteiger partial charge >= 0.3 is 0 Å². The topological polar surface area (TPSA) is 62.2 Å². The Labute approximate surface area is 145 Å². The second kappa shape index (κ2) is 9.39. The molecule has 128 valence electrons. The molecule has 0 aliphatic carbocycles. The maximum absolute atomic E-state index is 12.9. The lowest BCUT2D eigenvalue weighted by atomic mass is 10.0. The van der Waals surface area contributed by atoms with Crippen LogP contribution in [0.5, 0.6) is 0 Å². The van der Waals surface area contributed by atoms with Crippen LogP contribution in [-0.2, 0) is 10.5 Å². The summed E-state index contributed by atoms with van der Waals surface area (Å²) < 4.78 is 12.9. The van der Waals surface area contributed by atoms with Crippen molar-refractivity contribution in [1.29, 1.82) is 0 Å². The molecule has 0 radical (unpaired) electrons. The van der Waals surface area contributed by atoms with Gasteiger partial charge in [-0.15, -0.1) is 11.8 Å². The van der Waals surface area contributed by atoms with Crippen molar-refractivity contribution < 1.29 is 14.3 Å². The summed E-state index contributed by atoms with van der Waals surface area (Å²) in [6.45, 7) is 1.84. The summed E-state index contributed by atoms with van der Waals surface area (Å²) in [4.78, 5) is 16.0. The van der Waals surface area contributed by atoms with Crippen LogP contribution in [-0.4, -0.2) is 27.8 Å². The fraction of sp³-hybridized carbons (Fsp3) is 0.333. The normalized spacial score (nSPS) is 13.3. The average molecular weight is 348 g/mol. The van der Waals surface area contributed by atoms with E-state index in [-0.39, 0.29) is 17.8 Å². The standard InChI is InChI=1S/C18H21FN2O2S/c1-13(9-17(22)15-4-6-16(19)7-5-15)21-18(23)12-24-11-14-3-2-8-20-10-14/h2-8,10,13,17,22H,9,11-12H2,1H3,(H,21,23). The Bertz CT molecular complexity index is 637. The summed E-state index contributed by atoms with van der Waals surface area (Å²) in [5, 5.41) is 13.0. The highest BCUT2D eigenvalue weighted by molar-refractivity contribution is 7.99. The van der Waals surface area contributed by atoms with Crippen molar-refractivity contribution in [3.05, 3.63) is 65.7 Å². The third kappa shape index (κ3) is 6.29. The lowest BCUT2D eigenvalue weighted by Gasteiger charge is -2.18. The first-order chi connectivity index (χ1) is 11.5. The molecule has 1 heterocycles. The van der Waals surface area contributed by atoms with Crippen LogP contribution in [0.4, 0.5) is 4.39 Å². The Morgan fingerprint density at radius 3 is 2.75 bits per heavy atom. The molecule has 0 saturated heterocycles. The van der Waals surface area contributed by atoms with Crippen LogP contribution in [0.15, 0.2) is 48.8 Å². The molecule has 4 nitrogen and oxygen atoms in total. The molecule has 2 N–H and O–H groups in total. The van der Waals surface area contributed by atoms with Crippen LogP contribution in [0.3, 0.4) is 0 Å². The van der Waals surface area contributed by atoms with Gasteiger partial charge in [-0.05, 0) is 42.7 Å². The monoisotopic (exact) mass is 348 g/mol. The molecule has 2 rings (SSSR count). The number of nitrogens with zero attached hydrogens (tertiary/aromatic N) is 1. The molecule has 1 amide bonds. The molecular weight excluding hydrogens is 327 g/mol. The van der Waals surface area contributed by atoms with E-state index >= 15 is 0 Å². The number of aliphatic hydroxyl groups excluding tert-OH is 1. The zero-order valence-corrected chi connectivity index (χ0v) is 14.3. The van der Waals surface area contributed by atoms with Crippen molar-refractivity contribution in [2.24, 2.45) is 0 Å². The van der Waals surface area contributed by atoms with Gasteiger partial charge in [-0.2, -0.15) is 0 Å². The Balaban J connectivity index is 1.70. The van der Waals surface area contributed by atoms with Crippen molar-refractivity contribution in [2.45, 2.75) is 31.2 Å². The Morgan fingerprint density at radius 2 is 2.08 bits per heavy atom. The molecule has 24 heavy (non-hydrogen) atoms. The van der Waals surface area contributed by atoms with E-state index < -0.39 is 6.10 Å². The van der Waals surface area contributed by atoms with E-state index in [1.165, 1.54) is 23.9 Å². The number of hydrogen-bond acceptors (Lipinski definition) is 4. The average Bonchev–Trinajstić information content (AvgIpc) is 2.56. The molecule has 0 bridgehead atoms. The predicted molar refractivity (Wildman–Crippen MR) is 94.0 cm³/mol. The highest BCUT2D eigenvalue weighted by Gasteiger charge is 2.14. The smallest absolute Gasteiger partial charge is 0.230 e. The van der Waals surface area contributed by atoms with E-state index in [0.29, 0.717) is 17.7 Å². The van der Waals surface area contributed by atoms with Gasteiger partial charge in [0.1, 0.15) is 5.82 Å². The van der Waals surface area contributed by atoms with E-state index in [4.69, 9.17) is 0 Å². The number of rotatable bonds is 8. The molecule has 1 aromatic heterocycles. The summed E-state index contributed by atoms with van der Waals surface area (Å²) in [6, 6.07) is 9.41. The highest BCUT2D eigenvalue weighted by atomic mass is 32.2. The molecule has 0 fully saturated rings. The lowest BCUT2D eigenvalue weighted by Crippen LogP contribution is -2.35. The van der Waals surface area contributed by atoms with Crippen LogP contribution in [0.1, 0.15) is 30.6 Å². The summed E-state index contributed by atoms with van der Waals surface area (Å²) >= 11 is 1.52. The third-order valence-corrected chi connectivity index (χ3v) is 4.47. The van der Waals surface area contributed by atoms with Gasteiger partial charge in [-0.1, -0.05) is 18.2 Å². The van der Waals surface area contributed by atoms with E-state index in [0.717, 1.165) is 11.3 Å². The molecule has 0 spiro atoms. The summed E-state index contributed by atoms with van der Waals surface area (Å²) in [5.74, 6) is 0.681. The number of halogens is 1. The van der Waals surface area contributed by atoms with E-state index in [1.54, 1.807) is 24.5 Å². The van der Waals surface area contributed by atoms with Gasteiger partial charge in [-0.3, -0.25) is 9.78 Å². The van der Waals surface area contributed by atoms with Crippen LogP contribution in [0.25, 0.3) is 0 Å². The SMILES string of the molecule is CC(CC(O)c1ccc(F)cc1)NC(=O)CSCc1cccnc1. The molecule has 6 heteroatoms. The number of pyridine rings is 1. The van der Waals surface area contributed by atoms with Crippen molar-refractivity contribution in [2.75, 3.05) is 5.75 Å². The quantitative estimate of drug-likeness (QED) is 0.770. The number of aliphatic hydroxyl groups is 1. The number of aromatic nitrogens is 1. The molecular formula is C18H21FN2O2S. The molecule has 2 aromatic rings. The third-order valence-electron chi connectivity index (χ3n) is 3.46. The largest absolute Gasteiger partial charge is 0.388 e. The van der Waals surface area contributed by atoms with Gasteiger partial charge in [0, 0.05) is 24.2 Å². The van der Waals surface area contributed by atoms with Crippen LogP contribution in [0, 0.1) is 5.82 Å². The van der Waals surface area contributed by atoms with Crippen LogP contribution < -0.4 is 5.32 Å². The van der Waals surface area contributed by atoms with Crippen molar-refractivity contribution in [3.8, 4) is 0 Å². The van der Waals surface area contributed by atoms with Gasteiger partial charge < -0.3 is 10.4 Å². The van der Waals surface area contributed by atoms with Crippen molar-refractivity contribution in [3.63, 3.8) is 0 Å². The van der Waals surface area contributed by atoms with Gasteiger partial charge in [0.25, 0.3) is 0 Å². The molecule has 0 saturated carbocycles. The summed E-state index contributed by atoms with van der Waals surface area (Å²) in [6.07, 6.45) is 3.15. The molecule has 1 aromatic carbocycles. The Hall–Kier alpha value is -1.92. The fourth-order valence-corrected chi connectivity index (χ4v) is 3.05. The minimum Gasteiger partial charge on any atom is -0.388 e. The van der Waals surface area contributed by atoms with Gasteiger partial charge in [0.05, 0.1) is 11.9 Å². The van der Waals surface area contributed by atoms with Gasteiger partial charge in [0.2, 0.25) is 5.91 Å². The molecule has 0 aliphatic heterocycles. The molecule has 2 unspecified atom stereocenters. The second-order valence-corrected chi connectivity index (χ2v) is 6.61. The highest BCUT2D eigenvalue weighted by Crippen LogP contribution is 2.18. The lowest BCUT2D eigenvalue weighted by molar-refractivity contribution is -0.119. The van der Waals surface area contributed by atoms with Gasteiger partial charge in [0.15, 0.2) is 0 Å². The number of carbonyl (C=O) groups is 1. The van der Waals surface area contributed by atoms with Crippen LogP contribution in [0.2, 0.25) is 0 Å². The van der Waals surface area contributed by atoms with Crippen molar-refractivity contribution in [1.82, 2.24) is 10.3 Å². The number of nitrogens with one attached hydrogen (secondary N) is 1. The zero-order chi connectivity index (χ0) is 17.4. The first-order valence-electron chi connectivity index (χ1n) is 7.74. The summed E-state index contributed by atoms with van der Waals surface area (Å²) in [5.41, 5.74) is 1.72. The van der Waals surface area contributed by atoms with E-state index in [2.05, 4.69) is 10.3 Å². The van der Waals surface area contributed by atoms with E-state index in [1.807, 2.05) is 19.1 Å². The second-order valence-electron chi connectivity index (χ2n) is 5.63.